The molecule has 0 aromatic carbocycles. The van der Waals surface area contributed by atoms with Crippen LogP contribution in [-0.4, -0.2) is 37.5 Å². The minimum Gasteiger partial charge on any atom is -0.480 e. The van der Waals surface area contributed by atoms with Gasteiger partial charge in [-0.1, -0.05) is 55.4 Å². The molecule has 1 aliphatic carbocycles. The van der Waals surface area contributed by atoms with Crippen molar-refractivity contribution in [2.75, 3.05) is 5.75 Å². The van der Waals surface area contributed by atoms with E-state index in [4.69, 9.17) is 9.66 Å². The number of hydrogen-bond donors (Lipinski definition) is 3. The van der Waals surface area contributed by atoms with Gasteiger partial charge in [0.2, 0.25) is 5.91 Å². The number of amides is 1. The third-order valence-electron chi connectivity index (χ3n) is 5.06. The summed E-state index contributed by atoms with van der Waals surface area (Å²) in [4.78, 5) is 22.9. The molecule has 0 radical (unpaired) electrons. The highest BCUT2D eigenvalue weighted by Gasteiger charge is 2.26. The summed E-state index contributed by atoms with van der Waals surface area (Å²) in [5.41, 5.74) is 4.73. The molecule has 1 amide bonds. The Kier molecular flexibility index (Phi) is 10.2. The molecule has 1 unspecified atom stereocenters. The largest absolute Gasteiger partial charge is 0.480 e. The first-order chi connectivity index (χ1) is 13.9. The molecule has 2 atom stereocenters. The predicted octanol–water partition coefficient (Wildman–Crippen LogP) is 4.31. The average Bonchev–Trinajstić information content (AvgIpc) is 2.59. The van der Waals surface area contributed by atoms with Gasteiger partial charge in [0, 0.05) is 6.08 Å². The fraction of sp³-hybridized carbons (Fsp3) is 0.478. The van der Waals surface area contributed by atoms with Crippen LogP contribution < -0.4 is 5.32 Å². The number of allylic oxidation sites excluding steroid dienone is 9. The number of aliphatic carboxylic acids is 1. The van der Waals surface area contributed by atoms with Crippen molar-refractivity contribution in [1.82, 2.24) is 5.32 Å². The summed E-state index contributed by atoms with van der Waals surface area (Å²) < 4.78 is 19.6. The van der Waals surface area contributed by atoms with Gasteiger partial charge in [-0.2, -0.15) is 0 Å². The molecular weight excluding hydrogens is 402 g/mol. The molecule has 0 saturated carbocycles. The fourth-order valence-corrected chi connectivity index (χ4v) is 3.93. The molecule has 1 aliphatic rings. The SMILES string of the molecule is CC1=C(/C=C/C(C)=C\C=C\C(C)=C\C(=O)N[C@@H](CS(=O)O)C(=O)O)C(C)(C)CCC1. The third-order valence-corrected chi connectivity index (χ3v) is 5.67. The Morgan fingerprint density at radius 3 is 2.47 bits per heavy atom. The van der Waals surface area contributed by atoms with Gasteiger partial charge in [0.25, 0.3) is 0 Å². The maximum absolute atomic E-state index is 11.9. The van der Waals surface area contributed by atoms with Crippen LogP contribution in [0.2, 0.25) is 0 Å². The lowest BCUT2D eigenvalue weighted by molar-refractivity contribution is -0.140. The van der Waals surface area contributed by atoms with E-state index in [0.29, 0.717) is 5.57 Å². The Labute approximate surface area is 181 Å². The molecule has 0 aliphatic heterocycles. The molecule has 0 spiro atoms. The third kappa shape index (κ3) is 9.05. The van der Waals surface area contributed by atoms with Gasteiger partial charge in [-0.05, 0) is 56.6 Å². The molecule has 6 nitrogen and oxygen atoms in total. The summed E-state index contributed by atoms with van der Waals surface area (Å²) >= 11 is -2.31. The molecule has 3 N–H and O–H groups in total. The van der Waals surface area contributed by atoms with Gasteiger partial charge < -0.3 is 15.0 Å². The Morgan fingerprint density at radius 2 is 1.90 bits per heavy atom. The van der Waals surface area contributed by atoms with Gasteiger partial charge in [-0.25, -0.2) is 9.00 Å². The smallest absolute Gasteiger partial charge is 0.327 e. The van der Waals surface area contributed by atoms with Crippen molar-refractivity contribution >= 4 is 23.0 Å². The van der Waals surface area contributed by atoms with Crippen LogP contribution in [0.5, 0.6) is 0 Å². The lowest BCUT2D eigenvalue weighted by atomic mass is 9.72. The highest BCUT2D eigenvalue weighted by atomic mass is 32.2. The van der Waals surface area contributed by atoms with E-state index in [0.717, 1.165) is 12.0 Å². The van der Waals surface area contributed by atoms with E-state index >= 15 is 0 Å². The second kappa shape index (κ2) is 11.8. The van der Waals surface area contributed by atoms with E-state index in [-0.39, 0.29) is 5.41 Å². The number of carbonyl (C=O) groups excluding carboxylic acids is 1. The highest BCUT2D eigenvalue weighted by molar-refractivity contribution is 7.79. The predicted molar refractivity (Wildman–Crippen MR) is 121 cm³/mol. The quantitative estimate of drug-likeness (QED) is 0.284. The zero-order valence-corrected chi connectivity index (χ0v) is 19.2. The van der Waals surface area contributed by atoms with Crippen molar-refractivity contribution in [3.8, 4) is 0 Å². The van der Waals surface area contributed by atoms with Gasteiger partial charge in [-0.15, -0.1) is 0 Å². The Morgan fingerprint density at radius 1 is 1.23 bits per heavy atom. The molecule has 0 aromatic rings. The van der Waals surface area contributed by atoms with Gasteiger partial charge >= 0.3 is 5.97 Å². The van der Waals surface area contributed by atoms with Crippen molar-refractivity contribution in [1.29, 1.82) is 0 Å². The molecule has 166 valence electrons. The number of carboxylic acids is 1. The minimum atomic E-state index is -2.31. The van der Waals surface area contributed by atoms with E-state index in [2.05, 4.69) is 38.2 Å². The number of hydrogen-bond acceptors (Lipinski definition) is 3. The van der Waals surface area contributed by atoms with Crippen molar-refractivity contribution in [3.63, 3.8) is 0 Å². The van der Waals surface area contributed by atoms with Crippen LogP contribution in [0.25, 0.3) is 0 Å². The second-order valence-corrected chi connectivity index (χ2v) is 9.29. The van der Waals surface area contributed by atoms with Gasteiger partial charge in [0.05, 0.1) is 5.75 Å². The van der Waals surface area contributed by atoms with Crippen molar-refractivity contribution in [2.45, 2.75) is 59.9 Å². The van der Waals surface area contributed by atoms with E-state index < -0.39 is 34.8 Å². The number of rotatable bonds is 9. The molecule has 30 heavy (non-hydrogen) atoms. The first-order valence-corrected chi connectivity index (χ1v) is 11.2. The molecule has 0 aromatic heterocycles. The maximum atomic E-state index is 11.9. The monoisotopic (exact) mass is 435 g/mol. The van der Waals surface area contributed by atoms with Crippen LogP contribution in [0.1, 0.15) is 53.9 Å². The molecule has 0 fully saturated rings. The van der Waals surface area contributed by atoms with Crippen LogP contribution in [0.3, 0.4) is 0 Å². The Bertz CT molecular complexity index is 831. The maximum Gasteiger partial charge on any atom is 0.327 e. The first kappa shape index (κ1) is 25.8. The van der Waals surface area contributed by atoms with Crippen molar-refractivity contribution in [3.05, 3.63) is 58.7 Å². The molecule has 0 bridgehead atoms. The standard InChI is InChI=1S/C23H33NO5S/c1-16(11-12-19-18(3)10-7-13-23(19,4)5)8-6-9-17(2)14-21(25)24-20(22(26)27)15-30(28)29/h6,8-9,11-12,14,20H,7,10,13,15H2,1-5H3,(H,24,25)(H,26,27)(H,28,29)/b9-6+,12-11+,16-8-,17-14+/t20-/m0/s1. The van der Waals surface area contributed by atoms with E-state index in [1.165, 1.54) is 30.1 Å². The minimum absolute atomic E-state index is 0.193. The van der Waals surface area contributed by atoms with Crippen LogP contribution in [0, 0.1) is 5.41 Å². The number of carbonyl (C=O) groups is 2. The summed E-state index contributed by atoms with van der Waals surface area (Å²) in [6.45, 7) is 10.5. The van der Waals surface area contributed by atoms with E-state index in [1.54, 1.807) is 13.0 Å². The van der Waals surface area contributed by atoms with E-state index in [9.17, 15) is 13.8 Å². The Hall–Kier alpha value is -2.25. The molecule has 0 saturated heterocycles. The topological polar surface area (TPSA) is 104 Å². The average molecular weight is 436 g/mol. The van der Waals surface area contributed by atoms with E-state index in [1.807, 2.05) is 19.1 Å². The molecular formula is C23H33NO5S. The molecule has 0 heterocycles. The summed E-state index contributed by atoms with van der Waals surface area (Å²) in [5.74, 6) is -2.55. The van der Waals surface area contributed by atoms with Crippen molar-refractivity contribution in [2.24, 2.45) is 5.41 Å². The zero-order valence-electron chi connectivity index (χ0n) is 18.4. The second-order valence-electron chi connectivity index (χ2n) is 8.31. The van der Waals surface area contributed by atoms with Gasteiger partial charge in [-0.3, -0.25) is 4.79 Å². The highest BCUT2D eigenvalue weighted by Crippen LogP contribution is 2.40. The summed E-state index contributed by atoms with van der Waals surface area (Å²) in [6, 6.07) is -1.41. The lowest BCUT2D eigenvalue weighted by Gasteiger charge is -2.32. The van der Waals surface area contributed by atoms with Crippen LogP contribution >= 0.6 is 0 Å². The summed E-state index contributed by atoms with van der Waals surface area (Å²) in [5, 5.41) is 11.2. The molecule has 1 rings (SSSR count). The number of carboxylic acid groups (broad SMARTS) is 1. The lowest BCUT2D eigenvalue weighted by Crippen LogP contribution is -2.43. The fourth-order valence-electron chi connectivity index (χ4n) is 3.42. The summed E-state index contributed by atoms with van der Waals surface area (Å²) in [6.07, 6.45) is 14.6. The van der Waals surface area contributed by atoms with Crippen LogP contribution in [0.15, 0.2) is 58.7 Å². The van der Waals surface area contributed by atoms with Gasteiger partial charge in [0.15, 0.2) is 11.1 Å². The first-order valence-electron chi connectivity index (χ1n) is 9.94. The van der Waals surface area contributed by atoms with Crippen molar-refractivity contribution < 1.29 is 23.5 Å². The normalized spacial score (nSPS) is 19.9. The number of nitrogens with one attached hydrogen (secondary N) is 1. The Balaban J connectivity index is 2.74. The van der Waals surface area contributed by atoms with Crippen LogP contribution in [0.4, 0.5) is 0 Å². The van der Waals surface area contributed by atoms with Gasteiger partial charge in [0.1, 0.15) is 6.04 Å². The summed E-state index contributed by atoms with van der Waals surface area (Å²) in [7, 11) is 0. The zero-order chi connectivity index (χ0) is 22.9. The van der Waals surface area contributed by atoms with Crippen LogP contribution in [-0.2, 0) is 20.7 Å². The molecule has 7 heteroatoms.